The van der Waals surface area contributed by atoms with Gasteiger partial charge in [-0.15, -0.1) is 0 Å². The molecule has 3 unspecified atom stereocenters. The lowest BCUT2D eigenvalue weighted by Crippen LogP contribution is -2.45. The summed E-state index contributed by atoms with van der Waals surface area (Å²) < 4.78 is 0. The second-order valence-corrected chi connectivity index (χ2v) is 6.81. The zero-order valence-electron chi connectivity index (χ0n) is 12.7. The number of nitrogens with zero attached hydrogens (tertiary/aromatic N) is 2. The van der Waals surface area contributed by atoms with Crippen molar-refractivity contribution in [3.05, 3.63) is 0 Å². The Kier molecular flexibility index (Phi) is 4.48. The molecule has 0 bridgehead atoms. The third-order valence-electron chi connectivity index (χ3n) is 5.52. The maximum absolute atomic E-state index is 12.9. The van der Waals surface area contributed by atoms with Crippen LogP contribution in [0, 0.1) is 11.8 Å². The highest BCUT2D eigenvalue weighted by molar-refractivity contribution is 5.85. The van der Waals surface area contributed by atoms with Crippen molar-refractivity contribution in [2.24, 2.45) is 11.8 Å². The molecule has 3 fully saturated rings. The molecule has 21 heavy (non-hydrogen) atoms. The van der Waals surface area contributed by atoms with Crippen LogP contribution >= 0.6 is 0 Å². The van der Waals surface area contributed by atoms with E-state index in [4.69, 9.17) is 0 Å². The van der Waals surface area contributed by atoms with E-state index < -0.39 is 11.9 Å². The van der Waals surface area contributed by atoms with Crippen molar-refractivity contribution in [2.75, 3.05) is 26.2 Å². The predicted octanol–water partition coefficient (Wildman–Crippen LogP) is 1.57. The molecule has 2 heterocycles. The van der Waals surface area contributed by atoms with Gasteiger partial charge in [-0.1, -0.05) is 12.8 Å². The molecule has 3 atom stereocenters. The highest BCUT2D eigenvalue weighted by Crippen LogP contribution is 2.32. The summed E-state index contributed by atoms with van der Waals surface area (Å²) in [5.74, 6) is -1.43. The summed E-state index contributed by atoms with van der Waals surface area (Å²) >= 11 is 0. The molecule has 1 N–H and O–H groups in total. The lowest BCUT2D eigenvalue weighted by Gasteiger charge is -2.33. The van der Waals surface area contributed by atoms with Crippen molar-refractivity contribution in [3.8, 4) is 0 Å². The molecular weight excluding hydrogens is 268 g/mol. The van der Waals surface area contributed by atoms with E-state index in [-0.39, 0.29) is 11.8 Å². The third kappa shape index (κ3) is 3.07. The Hall–Kier alpha value is -1.10. The first-order valence-corrected chi connectivity index (χ1v) is 8.42. The molecule has 0 aromatic heterocycles. The number of fused-ring (bicyclic) bond motifs is 1. The van der Waals surface area contributed by atoms with Gasteiger partial charge in [0.05, 0.1) is 11.8 Å². The zero-order chi connectivity index (χ0) is 14.8. The predicted molar refractivity (Wildman–Crippen MR) is 78.9 cm³/mol. The fourth-order valence-electron chi connectivity index (χ4n) is 4.36. The molecule has 1 aliphatic carbocycles. The summed E-state index contributed by atoms with van der Waals surface area (Å²) in [4.78, 5) is 28.8. The minimum absolute atomic E-state index is 0.107. The number of carboxylic acids is 1. The fraction of sp³-hybridized carbons (Fsp3) is 0.875. The number of carboxylic acid groups (broad SMARTS) is 1. The van der Waals surface area contributed by atoms with Crippen molar-refractivity contribution in [1.82, 2.24) is 9.80 Å². The molecule has 2 aliphatic heterocycles. The number of carbonyl (C=O) groups is 2. The van der Waals surface area contributed by atoms with Crippen molar-refractivity contribution >= 4 is 11.9 Å². The maximum atomic E-state index is 12.9. The Bertz CT molecular complexity index is 412. The number of rotatable bonds is 2. The Morgan fingerprint density at radius 3 is 2.33 bits per heavy atom. The molecule has 0 radical (unpaired) electrons. The highest BCUT2D eigenvalue weighted by Gasteiger charge is 2.39. The van der Waals surface area contributed by atoms with Crippen LogP contribution in [0.4, 0.5) is 0 Å². The maximum Gasteiger partial charge on any atom is 0.307 e. The SMILES string of the molecule is O=C(O)C1CCCCC1C(=O)N1CCCN2CCCC2C1. The number of hydrogen-bond acceptors (Lipinski definition) is 3. The number of aliphatic carboxylic acids is 1. The van der Waals surface area contributed by atoms with Gasteiger partial charge in [0.2, 0.25) is 5.91 Å². The quantitative estimate of drug-likeness (QED) is 0.840. The van der Waals surface area contributed by atoms with Gasteiger partial charge in [0, 0.05) is 25.7 Å². The van der Waals surface area contributed by atoms with Crippen molar-refractivity contribution in [3.63, 3.8) is 0 Å². The van der Waals surface area contributed by atoms with E-state index in [0.717, 1.165) is 51.9 Å². The Morgan fingerprint density at radius 1 is 0.857 bits per heavy atom. The average Bonchev–Trinajstić information content (AvgIpc) is 2.83. The largest absolute Gasteiger partial charge is 0.481 e. The summed E-state index contributed by atoms with van der Waals surface area (Å²) in [6, 6.07) is 0.503. The van der Waals surface area contributed by atoms with Crippen LogP contribution in [0.5, 0.6) is 0 Å². The van der Waals surface area contributed by atoms with Crippen LogP contribution < -0.4 is 0 Å². The first kappa shape index (κ1) is 14.8. The zero-order valence-corrected chi connectivity index (χ0v) is 12.7. The first-order valence-electron chi connectivity index (χ1n) is 8.42. The number of carbonyl (C=O) groups excluding carboxylic acids is 1. The van der Waals surface area contributed by atoms with Crippen molar-refractivity contribution in [2.45, 2.75) is 51.0 Å². The molecule has 2 saturated heterocycles. The Labute approximate surface area is 126 Å². The molecule has 118 valence electrons. The summed E-state index contributed by atoms with van der Waals surface area (Å²) in [7, 11) is 0. The van der Waals surface area contributed by atoms with E-state index >= 15 is 0 Å². The average molecular weight is 294 g/mol. The molecule has 0 aromatic rings. The van der Waals surface area contributed by atoms with Crippen LogP contribution in [0.2, 0.25) is 0 Å². The van der Waals surface area contributed by atoms with Gasteiger partial charge in [0.25, 0.3) is 0 Å². The van der Waals surface area contributed by atoms with Crippen LogP contribution in [-0.2, 0) is 9.59 Å². The molecule has 0 aromatic carbocycles. The second kappa shape index (κ2) is 6.34. The lowest BCUT2D eigenvalue weighted by atomic mass is 9.78. The van der Waals surface area contributed by atoms with Gasteiger partial charge in [0.15, 0.2) is 0 Å². The van der Waals surface area contributed by atoms with Gasteiger partial charge < -0.3 is 10.0 Å². The van der Waals surface area contributed by atoms with Gasteiger partial charge in [-0.2, -0.15) is 0 Å². The fourth-order valence-corrected chi connectivity index (χ4v) is 4.36. The van der Waals surface area contributed by atoms with Gasteiger partial charge in [-0.05, 0) is 38.6 Å². The van der Waals surface area contributed by atoms with Crippen LogP contribution in [0.25, 0.3) is 0 Å². The highest BCUT2D eigenvalue weighted by atomic mass is 16.4. The van der Waals surface area contributed by atoms with E-state index in [1.54, 1.807) is 0 Å². The molecule has 3 rings (SSSR count). The normalized spacial score (nSPS) is 34.3. The topological polar surface area (TPSA) is 60.9 Å². The molecule has 1 amide bonds. The molecule has 3 aliphatic rings. The van der Waals surface area contributed by atoms with Gasteiger partial charge in [-0.25, -0.2) is 0 Å². The van der Waals surface area contributed by atoms with Crippen molar-refractivity contribution < 1.29 is 14.7 Å². The molecule has 5 nitrogen and oxygen atoms in total. The summed E-state index contributed by atoms with van der Waals surface area (Å²) in [5, 5.41) is 9.38. The Balaban J connectivity index is 1.69. The summed E-state index contributed by atoms with van der Waals surface area (Å²) in [6.45, 7) is 3.85. The number of amides is 1. The van der Waals surface area contributed by atoms with E-state index in [1.807, 2.05) is 4.90 Å². The minimum Gasteiger partial charge on any atom is -0.481 e. The van der Waals surface area contributed by atoms with Crippen LogP contribution in [0.15, 0.2) is 0 Å². The Morgan fingerprint density at radius 2 is 1.57 bits per heavy atom. The van der Waals surface area contributed by atoms with Gasteiger partial charge in [-0.3, -0.25) is 14.5 Å². The second-order valence-electron chi connectivity index (χ2n) is 6.81. The van der Waals surface area contributed by atoms with Gasteiger partial charge >= 0.3 is 5.97 Å². The summed E-state index contributed by atoms with van der Waals surface area (Å²) in [5.41, 5.74) is 0. The molecule has 1 saturated carbocycles. The van der Waals surface area contributed by atoms with E-state index in [0.29, 0.717) is 12.5 Å². The lowest BCUT2D eigenvalue weighted by molar-refractivity contribution is -0.152. The number of hydrogen-bond donors (Lipinski definition) is 1. The summed E-state index contributed by atoms with van der Waals surface area (Å²) in [6.07, 6.45) is 6.77. The molecule has 5 heteroatoms. The molecular formula is C16H26N2O3. The van der Waals surface area contributed by atoms with E-state index in [9.17, 15) is 14.7 Å². The molecule has 0 spiro atoms. The minimum atomic E-state index is -0.787. The van der Waals surface area contributed by atoms with E-state index in [1.165, 1.54) is 12.8 Å². The third-order valence-corrected chi connectivity index (χ3v) is 5.52. The van der Waals surface area contributed by atoms with Crippen LogP contribution in [0.1, 0.15) is 44.9 Å². The van der Waals surface area contributed by atoms with Crippen LogP contribution in [0.3, 0.4) is 0 Å². The van der Waals surface area contributed by atoms with Gasteiger partial charge in [0.1, 0.15) is 0 Å². The first-order chi connectivity index (χ1) is 10.2. The smallest absolute Gasteiger partial charge is 0.307 e. The standard InChI is InChI=1S/C16H26N2O3/c19-15(13-6-1-2-7-14(13)16(20)21)18-10-4-9-17-8-3-5-12(17)11-18/h12-14H,1-11H2,(H,20,21). The van der Waals surface area contributed by atoms with Crippen LogP contribution in [-0.4, -0.2) is 59.0 Å². The van der Waals surface area contributed by atoms with E-state index in [2.05, 4.69) is 4.90 Å². The monoisotopic (exact) mass is 294 g/mol. The van der Waals surface area contributed by atoms with Crippen molar-refractivity contribution in [1.29, 1.82) is 0 Å².